The third kappa shape index (κ3) is 3.82. The van der Waals surface area contributed by atoms with Gasteiger partial charge in [-0.1, -0.05) is 5.16 Å². The van der Waals surface area contributed by atoms with Gasteiger partial charge in [-0.2, -0.15) is 4.98 Å². The summed E-state index contributed by atoms with van der Waals surface area (Å²) in [6, 6.07) is 4.24. The molecule has 2 fully saturated rings. The Kier molecular flexibility index (Phi) is 4.43. The molecule has 3 heterocycles. The highest BCUT2D eigenvalue weighted by molar-refractivity contribution is 5.11. The van der Waals surface area contributed by atoms with Crippen molar-refractivity contribution in [2.45, 2.75) is 44.3 Å². The van der Waals surface area contributed by atoms with E-state index in [4.69, 9.17) is 4.52 Å². The number of hydrogen-bond donors (Lipinski definition) is 0. The number of likely N-dealkylation sites (N-methyl/N-ethyl adjacent to an activating group) is 1. The Balaban J connectivity index is 1.31. The molecule has 0 bridgehead atoms. The van der Waals surface area contributed by atoms with Crippen molar-refractivity contribution >= 4 is 0 Å². The zero-order valence-corrected chi connectivity index (χ0v) is 14.9. The molecule has 1 saturated carbocycles. The van der Waals surface area contributed by atoms with Gasteiger partial charge in [0.15, 0.2) is 5.82 Å². The highest BCUT2D eigenvalue weighted by Crippen LogP contribution is 2.38. The second kappa shape index (κ2) is 6.72. The summed E-state index contributed by atoms with van der Waals surface area (Å²) >= 11 is 0. The normalized spacial score (nSPS) is 21.3. The van der Waals surface area contributed by atoms with E-state index in [0.29, 0.717) is 12.0 Å². The molecule has 2 aromatic heterocycles. The lowest BCUT2D eigenvalue weighted by atomic mass is 10.2. The number of aromatic nitrogens is 3. The molecule has 134 valence electrons. The van der Waals surface area contributed by atoms with Crippen molar-refractivity contribution in [3.8, 4) is 0 Å². The molecule has 7 heteroatoms. The van der Waals surface area contributed by atoms with Crippen molar-refractivity contribution in [3.05, 3.63) is 46.0 Å². The number of likely N-dealkylation sites (tertiary alicyclic amines) is 1. The minimum atomic E-state index is 0.0499. The molecular formula is C18H25N5O2. The molecule has 0 unspecified atom stereocenters. The van der Waals surface area contributed by atoms with E-state index in [9.17, 15) is 4.79 Å². The van der Waals surface area contributed by atoms with Gasteiger partial charge in [0.05, 0.1) is 6.54 Å². The Bertz CT molecular complexity index is 795. The van der Waals surface area contributed by atoms with Crippen LogP contribution in [0.3, 0.4) is 0 Å². The molecule has 0 aromatic carbocycles. The van der Waals surface area contributed by atoms with Crippen LogP contribution in [0.4, 0.5) is 0 Å². The number of pyridine rings is 1. The van der Waals surface area contributed by atoms with E-state index >= 15 is 0 Å². The van der Waals surface area contributed by atoms with Crippen molar-refractivity contribution in [2.24, 2.45) is 7.05 Å². The predicted molar refractivity (Wildman–Crippen MR) is 93.1 cm³/mol. The zero-order chi connectivity index (χ0) is 17.4. The highest BCUT2D eigenvalue weighted by atomic mass is 16.5. The molecule has 7 nitrogen and oxygen atoms in total. The molecule has 1 atom stereocenters. The summed E-state index contributed by atoms with van der Waals surface area (Å²) in [5, 5.41) is 4.12. The maximum atomic E-state index is 11.8. The van der Waals surface area contributed by atoms with Crippen molar-refractivity contribution in [1.29, 1.82) is 0 Å². The van der Waals surface area contributed by atoms with E-state index in [1.807, 2.05) is 12.3 Å². The lowest BCUT2D eigenvalue weighted by Gasteiger charge is -2.23. The lowest BCUT2D eigenvalue weighted by Crippen LogP contribution is -2.34. The summed E-state index contributed by atoms with van der Waals surface area (Å²) in [6.07, 6.45) is 5.31. The van der Waals surface area contributed by atoms with E-state index in [1.54, 1.807) is 17.7 Å². The van der Waals surface area contributed by atoms with Crippen LogP contribution in [0.2, 0.25) is 0 Å². The van der Waals surface area contributed by atoms with Crippen LogP contribution in [0.1, 0.15) is 42.5 Å². The fourth-order valence-electron chi connectivity index (χ4n) is 3.44. The average Bonchev–Trinajstić information content (AvgIpc) is 3.15. The highest BCUT2D eigenvalue weighted by Gasteiger charge is 2.31. The topological polar surface area (TPSA) is 67.4 Å². The van der Waals surface area contributed by atoms with E-state index in [2.05, 4.69) is 27.0 Å². The van der Waals surface area contributed by atoms with Gasteiger partial charge in [-0.15, -0.1) is 0 Å². The molecule has 0 N–H and O–H groups in total. The van der Waals surface area contributed by atoms with E-state index in [-0.39, 0.29) is 5.56 Å². The molecule has 0 amide bonds. The van der Waals surface area contributed by atoms with Crippen LogP contribution in [-0.2, 0) is 20.1 Å². The van der Waals surface area contributed by atoms with Gasteiger partial charge in [0.1, 0.15) is 0 Å². The lowest BCUT2D eigenvalue weighted by molar-refractivity contribution is 0.216. The SMILES string of the molecule is CN(Cc1noc(C2CC2)n1)[C@H]1CCN(Cc2ccn(C)c(=O)c2)C1. The molecule has 25 heavy (non-hydrogen) atoms. The summed E-state index contributed by atoms with van der Waals surface area (Å²) in [5.74, 6) is 2.10. The molecule has 1 aliphatic heterocycles. The zero-order valence-electron chi connectivity index (χ0n) is 14.9. The molecular weight excluding hydrogens is 318 g/mol. The van der Waals surface area contributed by atoms with Crippen molar-refractivity contribution in [2.75, 3.05) is 20.1 Å². The molecule has 0 spiro atoms. The maximum Gasteiger partial charge on any atom is 0.250 e. The molecule has 2 aromatic rings. The van der Waals surface area contributed by atoms with Gasteiger partial charge < -0.3 is 9.09 Å². The van der Waals surface area contributed by atoms with Gasteiger partial charge in [0, 0.05) is 50.9 Å². The number of rotatable bonds is 6. The number of hydrogen-bond acceptors (Lipinski definition) is 6. The number of nitrogens with zero attached hydrogens (tertiary/aromatic N) is 5. The van der Waals surface area contributed by atoms with Crippen LogP contribution >= 0.6 is 0 Å². The van der Waals surface area contributed by atoms with Crippen LogP contribution in [0.5, 0.6) is 0 Å². The molecule has 1 aliphatic carbocycles. The van der Waals surface area contributed by atoms with Gasteiger partial charge in [-0.3, -0.25) is 14.6 Å². The summed E-state index contributed by atoms with van der Waals surface area (Å²) in [5.41, 5.74) is 1.13. The number of aryl methyl sites for hydroxylation is 1. The molecule has 1 saturated heterocycles. The first-order valence-corrected chi connectivity index (χ1v) is 8.99. The van der Waals surface area contributed by atoms with Gasteiger partial charge in [-0.05, 0) is 37.9 Å². The monoisotopic (exact) mass is 343 g/mol. The molecule has 0 radical (unpaired) electrons. The summed E-state index contributed by atoms with van der Waals surface area (Å²) in [7, 11) is 3.90. The minimum Gasteiger partial charge on any atom is -0.339 e. The van der Waals surface area contributed by atoms with Crippen molar-refractivity contribution in [3.63, 3.8) is 0 Å². The first-order chi connectivity index (χ1) is 12.1. The standard InChI is InChI=1S/C18H25N5O2/c1-21-7-5-13(9-17(21)24)10-23-8-6-15(11-23)22(2)12-16-19-18(25-20-16)14-3-4-14/h5,7,9,14-15H,3-4,6,8,10-12H2,1-2H3/t15-/m0/s1. The van der Waals surface area contributed by atoms with Crippen LogP contribution in [-0.4, -0.2) is 50.7 Å². The Morgan fingerprint density at radius 3 is 2.96 bits per heavy atom. The maximum absolute atomic E-state index is 11.8. The van der Waals surface area contributed by atoms with E-state index in [1.165, 1.54) is 12.8 Å². The predicted octanol–water partition coefficient (Wildman–Crippen LogP) is 1.35. The van der Waals surface area contributed by atoms with Crippen molar-refractivity contribution in [1.82, 2.24) is 24.5 Å². The summed E-state index contributed by atoms with van der Waals surface area (Å²) < 4.78 is 6.95. The fourth-order valence-corrected chi connectivity index (χ4v) is 3.44. The largest absolute Gasteiger partial charge is 0.339 e. The van der Waals surface area contributed by atoms with Gasteiger partial charge in [-0.25, -0.2) is 0 Å². The Morgan fingerprint density at radius 1 is 1.36 bits per heavy atom. The second-order valence-electron chi connectivity index (χ2n) is 7.40. The first kappa shape index (κ1) is 16.5. The van der Waals surface area contributed by atoms with Crippen LogP contribution < -0.4 is 5.56 Å². The fraction of sp³-hybridized carbons (Fsp3) is 0.611. The summed E-state index contributed by atoms with van der Waals surface area (Å²) in [4.78, 5) is 21.0. The Hall–Kier alpha value is -1.99. The smallest absolute Gasteiger partial charge is 0.250 e. The van der Waals surface area contributed by atoms with Gasteiger partial charge >= 0.3 is 0 Å². The van der Waals surface area contributed by atoms with Crippen LogP contribution in [0, 0.1) is 0 Å². The van der Waals surface area contributed by atoms with Crippen LogP contribution in [0.15, 0.2) is 27.6 Å². The first-order valence-electron chi connectivity index (χ1n) is 8.99. The molecule has 2 aliphatic rings. The quantitative estimate of drug-likeness (QED) is 0.789. The Labute approximate surface area is 147 Å². The van der Waals surface area contributed by atoms with E-state index in [0.717, 1.165) is 49.9 Å². The average molecular weight is 343 g/mol. The third-order valence-corrected chi connectivity index (χ3v) is 5.25. The Morgan fingerprint density at radius 2 is 2.20 bits per heavy atom. The summed E-state index contributed by atoms with van der Waals surface area (Å²) in [6.45, 7) is 3.60. The molecule has 4 rings (SSSR count). The van der Waals surface area contributed by atoms with Crippen LogP contribution in [0.25, 0.3) is 0 Å². The van der Waals surface area contributed by atoms with Gasteiger partial charge in [0.25, 0.3) is 5.56 Å². The van der Waals surface area contributed by atoms with E-state index < -0.39 is 0 Å². The second-order valence-corrected chi connectivity index (χ2v) is 7.40. The van der Waals surface area contributed by atoms with Crippen molar-refractivity contribution < 1.29 is 4.52 Å². The van der Waals surface area contributed by atoms with Gasteiger partial charge in [0.2, 0.25) is 5.89 Å². The third-order valence-electron chi connectivity index (χ3n) is 5.25. The minimum absolute atomic E-state index is 0.0499.